The number of carbonyl (C=O) groups excluding carboxylic acids is 2. The summed E-state index contributed by atoms with van der Waals surface area (Å²) in [5.74, 6) is -0.307. The van der Waals surface area contributed by atoms with Crippen molar-refractivity contribution in [1.82, 2.24) is 10.3 Å². The Hall–Kier alpha value is -2.96. The molecule has 0 spiro atoms. The Balaban J connectivity index is 1.41. The molecule has 2 aromatic rings. The molecule has 1 atom stereocenters. The van der Waals surface area contributed by atoms with Gasteiger partial charge in [-0.1, -0.05) is 12.1 Å². The topological polar surface area (TPSA) is 74.3 Å². The van der Waals surface area contributed by atoms with Crippen LogP contribution in [-0.2, 0) is 9.59 Å². The predicted octanol–water partition coefficient (Wildman–Crippen LogP) is 2.50. The molecule has 142 valence electrons. The van der Waals surface area contributed by atoms with E-state index in [-0.39, 0.29) is 24.8 Å². The molecule has 7 heteroatoms. The number of nitrogens with one attached hydrogen (secondary N) is 2. The summed E-state index contributed by atoms with van der Waals surface area (Å²) < 4.78 is 13.4. The number of halogens is 1. The maximum atomic E-state index is 13.4. The van der Waals surface area contributed by atoms with Crippen LogP contribution in [0.2, 0.25) is 0 Å². The van der Waals surface area contributed by atoms with Gasteiger partial charge in [-0.05, 0) is 43.2 Å². The summed E-state index contributed by atoms with van der Waals surface area (Å²) in [6.07, 6.45) is 2.69. The van der Waals surface area contributed by atoms with Gasteiger partial charge in [-0.15, -0.1) is 0 Å². The third-order valence-electron chi connectivity index (χ3n) is 4.49. The molecule has 1 aromatic carbocycles. The minimum Gasteiger partial charge on any atom is -0.370 e. The number of anilines is 2. The smallest absolute Gasteiger partial charge is 0.227 e. The third kappa shape index (κ3) is 5.03. The van der Waals surface area contributed by atoms with E-state index in [1.54, 1.807) is 18.3 Å². The summed E-state index contributed by atoms with van der Waals surface area (Å²) in [4.78, 5) is 30.2. The van der Waals surface area contributed by atoms with Crippen LogP contribution in [0.15, 0.2) is 42.6 Å². The van der Waals surface area contributed by atoms with Crippen LogP contribution in [0.4, 0.5) is 15.9 Å². The van der Waals surface area contributed by atoms with Gasteiger partial charge in [0.15, 0.2) is 0 Å². The van der Waals surface area contributed by atoms with Crippen molar-refractivity contribution in [2.75, 3.05) is 29.9 Å². The minimum absolute atomic E-state index is 0.143. The Morgan fingerprint density at radius 3 is 2.89 bits per heavy atom. The van der Waals surface area contributed by atoms with E-state index in [0.717, 1.165) is 17.8 Å². The van der Waals surface area contributed by atoms with E-state index in [2.05, 4.69) is 15.6 Å². The van der Waals surface area contributed by atoms with E-state index in [9.17, 15) is 14.0 Å². The maximum Gasteiger partial charge on any atom is 0.227 e. The van der Waals surface area contributed by atoms with Gasteiger partial charge in [0.2, 0.25) is 11.8 Å². The van der Waals surface area contributed by atoms with Crippen LogP contribution in [0.3, 0.4) is 0 Å². The molecular weight excluding hydrogens is 347 g/mol. The first-order valence-corrected chi connectivity index (χ1v) is 9.03. The van der Waals surface area contributed by atoms with Crippen molar-refractivity contribution in [1.29, 1.82) is 0 Å². The number of aryl methyl sites for hydroxylation is 1. The van der Waals surface area contributed by atoms with Crippen LogP contribution >= 0.6 is 0 Å². The van der Waals surface area contributed by atoms with Crippen LogP contribution in [0, 0.1) is 18.7 Å². The standard InChI is InChI=1S/C20H23FN4O2/c1-14-6-7-18(24-12-14)22-8-3-9-23-20(27)15-10-19(26)25(13-15)17-5-2-4-16(21)11-17/h2,4-7,11-12,15H,3,8-10,13H2,1H3,(H,22,24)(H,23,27)/t15-/m0/s1. The van der Waals surface area contributed by atoms with Gasteiger partial charge in [0.25, 0.3) is 0 Å². The lowest BCUT2D eigenvalue weighted by molar-refractivity contribution is -0.126. The Kier molecular flexibility index (Phi) is 6.01. The molecule has 1 fully saturated rings. The molecule has 3 rings (SSSR count). The highest BCUT2D eigenvalue weighted by Crippen LogP contribution is 2.25. The lowest BCUT2D eigenvalue weighted by Gasteiger charge is -2.16. The quantitative estimate of drug-likeness (QED) is 0.735. The maximum absolute atomic E-state index is 13.4. The largest absolute Gasteiger partial charge is 0.370 e. The molecule has 0 bridgehead atoms. The van der Waals surface area contributed by atoms with E-state index >= 15 is 0 Å². The number of carbonyl (C=O) groups is 2. The Morgan fingerprint density at radius 2 is 2.15 bits per heavy atom. The molecular formula is C20H23FN4O2. The second kappa shape index (κ2) is 8.62. The Bertz CT molecular complexity index is 810. The van der Waals surface area contributed by atoms with Gasteiger partial charge in [0.05, 0.1) is 5.92 Å². The van der Waals surface area contributed by atoms with Crippen molar-refractivity contribution >= 4 is 23.3 Å². The number of aromatic nitrogens is 1. The monoisotopic (exact) mass is 370 g/mol. The van der Waals surface area contributed by atoms with Gasteiger partial charge < -0.3 is 15.5 Å². The molecule has 0 unspecified atom stereocenters. The first-order chi connectivity index (χ1) is 13.0. The second-order valence-corrected chi connectivity index (χ2v) is 6.68. The molecule has 1 aromatic heterocycles. The average molecular weight is 370 g/mol. The summed E-state index contributed by atoms with van der Waals surface area (Å²) in [6, 6.07) is 9.77. The fourth-order valence-electron chi connectivity index (χ4n) is 3.01. The third-order valence-corrected chi connectivity index (χ3v) is 4.49. The van der Waals surface area contributed by atoms with Gasteiger partial charge in [0, 0.05) is 37.9 Å². The number of amides is 2. The van der Waals surface area contributed by atoms with Crippen LogP contribution in [0.5, 0.6) is 0 Å². The highest BCUT2D eigenvalue weighted by molar-refractivity contribution is 6.00. The Morgan fingerprint density at radius 1 is 1.30 bits per heavy atom. The lowest BCUT2D eigenvalue weighted by atomic mass is 10.1. The van der Waals surface area contributed by atoms with Gasteiger partial charge >= 0.3 is 0 Å². The molecule has 0 saturated carbocycles. The van der Waals surface area contributed by atoms with Gasteiger partial charge in [0.1, 0.15) is 11.6 Å². The molecule has 0 aliphatic carbocycles. The van der Waals surface area contributed by atoms with Crippen molar-refractivity contribution < 1.29 is 14.0 Å². The van der Waals surface area contributed by atoms with E-state index in [4.69, 9.17) is 0 Å². The zero-order chi connectivity index (χ0) is 19.2. The van der Waals surface area contributed by atoms with Crippen molar-refractivity contribution in [3.63, 3.8) is 0 Å². The predicted molar refractivity (Wildman–Crippen MR) is 102 cm³/mol. The highest BCUT2D eigenvalue weighted by Gasteiger charge is 2.35. The molecule has 27 heavy (non-hydrogen) atoms. The first kappa shape index (κ1) is 18.8. The van der Waals surface area contributed by atoms with E-state index in [0.29, 0.717) is 18.8 Å². The fraction of sp³-hybridized carbons (Fsp3) is 0.350. The number of pyridine rings is 1. The summed E-state index contributed by atoms with van der Waals surface area (Å²) in [6.45, 7) is 3.47. The van der Waals surface area contributed by atoms with Crippen LogP contribution in [-0.4, -0.2) is 36.4 Å². The van der Waals surface area contributed by atoms with Gasteiger partial charge in [-0.2, -0.15) is 0 Å². The summed E-state index contributed by atoms with van der Waals surface area (Å²) >= 11 is 0. The molecule has 6 nitrogen and oxygen atoms in total. The number of rotatable bonds is 7. The molecule has 1 saturated heterocycles. The summed E-state index contributed by atoms with van der Waals surface area (Å²) in [5.41, 5.74) is 1.59. The normalized spacial score (nSPS) is 16.4. The zero-order valence-corrected chi connectivity index (χ0v) is 15.2. The van der Waals surface area contributed by atoms with Crippen molar-refractivity contribution in [2.45, 2.75) is 19.8 Å². The number of hydrogen-bond acceptors (Lipinski definition) is 4. The van der Waals surface area contributed by atoms with Crippen molar-refractivity contribution in [2.24, 2.45) is 5.92 Å². The van der Waals surface area contributed by atoms with Crippen LogP contribution < -0.4 is 15.5 Å². The minimum atomic E-state index is -0.410. The molecule has 1 aliphatic heterocycles. The van der Waals surface area contributed by atoms with Crippen molar-refractivity contribution in [3.05, 3.63) is 54.0 Å². The zero-order valence-electron chi connectivity index (χ0n) is 15.2. The van der Waals surface area contributed by atoms with Crippen LogP contribution in [0.1, 0.15) is 18.4 Å². The molecule has 2 heterocycles. The summed E-state index contributed by atoms with van der Waals surface area (Å²) in [7, 11) is 0. The van der Waals surface area contributed by atoms with Gasteiger partial charge in [-0.3, -0.25) is 9.59 Å². The molecule has 1 aliphatic rings. The SMILES string of the molecule is Cc1ccc(NCCCNC(=O)[C@H]2CC(=O)N(c3cccc(F)c3)C2)nc1. The highest BCUT2D eigenvalue weighted by atomic mass is 19.1. The van der Waals surface area contributed by atoms with Crippen LogP contribution in [0.25, 0.3) is 0 Å². The van der Waals surface area contributed by atoms with E-state index in [1.165, 1.54) is 17.0 Å². The molecule has 2 N–H and O–H groups in total. The van der Waals surface area contributed by atoms with Crippen molar-refractivity contribution in [3.8, 4) is 0 Å². The molecule has 2 amide bonds. The van der Waals surface area contributed by atoms with E-state index in [1.807, 2.05) is 19.1 Å². The Labute approximate surface area is 157 Å². The lowest BCUT2D eigenvalue weighted by Crippen LogP contribution is -2.34. The van der Waals surface area contributed by atoms with E-state index < -0.39 is 11.7 Å². The molecule has 0 radical (unpaired) electrons. The van der Waals surface area contributed by atoms with Gasteiger partial charge in [-0.25, -0.2) is 9.37 Å². The summed E-state index contributed by atoms with van der Waals surface area (Å²) in [5, 5.41) is 6.07. The fourth-order valence-corrected chi connectivity index (χ4v) is 3.01. The number of hydrogen-bond donors (Lipinski definition) is 2. The average Bonchev–Trinajstić information content (AvgIpc) is 3.05. The first-order valence-electron chi connectivity index (χ1n) is 9.03. The number of nitrogens with zero attached hydrogens (tertiary/aromatic N) is 2. The second-order valence-electron chi connectivity index (χ2n) is 6.68. The number of benzene rings is 1.